The number of aryl methyl sites for hydroxylation is 1. The zero-order valence-electron chi connectivity index (χ0n) is 9.50. The maximum absolute atomic E-state index is 11.6. The smallest absolute Gasteiger partial charge is 0.351 e. The highest BCUT2D eigenvalue weighted by molar-refractivity contribution is 5.35. The second kappa shape index (κ2) is 4.82. The molecule has 2 unspecified atom stereocenters. The number of hydrogen-bond donors (Lipinski definition) is 2. The molecule has 2 atom stereocenters. The Morgan fingerprint density at radius 2 is 2.35 bits per heavy atom. The maximum Gasteiger partial charge on any atom is 0.351 e. The van der Waals surface area contributed by atoms with Crippen LogP contribution in [-0.2, 0) is 9.47 Å². The Balaban J connectivity index is 2.19. The number of nitrogens with two attached hydrogens (primary N) is 1. The third-order valence-corrected chi connectivity index (χ3v) is 2.64. The Morgan fingerprint density at radius 3 is 2.94 bits per heavy atom. The summed E-state index contributed by atoms with van der Waals surface area (Å²) in [6.07, 6.45) is 0.750. The van der Waals surface area contributed by atoms with E-state index in [1.807, 2.05) is 0 Å². The van der Waals surface area contributed by atoms with Crippen molar-refractivity contribution in [3.63, 3.8) is 0 Å². The zero-order chi connectivity index (χ0) is 12.4. The van der Waals surface area contributed by atoms with Crippen molar-refractivity contribution in [2.75, 3.05) is 25.6 Å². The number of nitrogen functional groups attached to an aromatic ring is 1. The molecule has 0 radical (unpaired) electrons. The molecular formula is C10H15N3O4. The third kappa shape index (κ3) is 2.46. The molecule has 7 heteroatoms. The number of aromatic nitrogens is 2. The molecule has 1 aromatic rings. The van der Waals surface area contributed by atoms with Crippen molar-refractivity contribution in [2.24, 2.45) is 0 Å². The van der Waals surface area contributed by atoms with E-state index in [2.05, 4.69) is 4.98 Å². The molecule has 1 aromatic heterocycles. The van der Waals surface area contributed by atoms with Gasteiger partial charge in [-0.2, -0.15) is 4.98 Å². The van der Waals surface area contributed by atoms with Crippen molar-refractivity contribution in [3.8, 4) is 0 Å². The van der Waals surface area contributed by atoms with Gasteiger partial charge in [-0.3, -0.25) is 4.57 Å². The predicted molar refractivity (Wildman–Crippen MR) is 59.5 cm³/mol. The zero-order valence-corrected chi connectivity index (χ0v) is 9.50. The fraction of sp³-hybridized carbons (Fsp3) is 0.600. The van der Waals surface area contributed by atoms with E-state index in [1.54, 1.807) is 13.1 Å². The van der Waals surface area contributed by atoms with Crippen molar-refractivity contribution < 1.29 is 14.6 Å². The summed E-state index contributed by atoms with van der Waals surface area (Å²) in [7, 11) is 0. The first kappa shape index (κ1) is 12.0. The van der Waals surface area contributed by atoms with Crippen LogP contribution in [0.5, 0.6) is 0 Å². The minimum atomic E-state index is -0.517. The van der Waals surface area contributed by atoms with Crippen molar-refractivity contribution in [1.82, 2.24) is 9.55 Å². The van der Waals surface area contributed by atoms with Gasteiger partial charge in [-0.15, -0.1) is 0 Å². The van der Waals surface area contributed by atoms with E-state index in [-0.39, 0.29) is 31.7 Å². The van der Waals surface area contributed by atoms with Crippen LogP contribution < -0.4 is 11.4 Å². The van der Waals surface area contributed by atoms with Crippen molar-refractivity contribution in [1.29, 1.82) is 0 Å². The van der Waals surface area contributed by atoms with Gasteiger partial charge < -0.3 is 20.3 Å². The van der Waals surface area contributed by atoms with Crippen LogP contribution in [-0.4, -0.2) is 40.6 Å². The summed E-state index contributed by atoms with van der Waals surface area (Å²) in [5, 5.41) is 8.88. The van der Waals surface area contributed by atoms with Crippen LogP contribution in [0.2, 0.25) is 0 Å². The largest absolute Gasteiger partial charge is 0.394 e. The molecule has 1 aliphatic rings. The number of anilines is 1. The number of nitrogens with zero attached hydrogens (tertiary/aromatic N) is 2. The van der Waals surface area contributed by atoms with Crippen molar-refractivity contribution in [3.05, 3.63) is 22.2 Å². The van der Waals surface area contributed by atoms with Gasteiger partial charge in [0, 0.05) is 11.8 Å². The Hall–Kier alpha value is -1.44. The fourth-order valence-corrected chi connectivity index (χ4v) is 1.58. The second-order valence-corrected chi connectivity index (χ2v) is 3.92. The quantitative estimate of drug-likeness (QED) is 0.691. The molecule has 0 amide bonds. The van der Waals surface area contributed by atoms with E-state index >= 15 is 0 Å². The average molecular weight is 241 g/mol. The SMILES string of the molecule is Cc1cn(C2COC(CO)CO2)c(=O)nc1N. The molecule has 3 N–H and O–H groups in total. The topological polar surface area (TPSA) is 99.6 Å². The molecule has 0 aliphatic carbocycles. The molecule has 1 saturated heterocycles. The van der Waals surface area contributed by atoms with Crippen LogP contribution >= 0.6 is 0 Å². The van der Waals surface area contributed by atoms with Crippen LogP contribution in [0, 0.1) is 6.92 Å². The van der Waals surface area contributed by atoms with E-state index in [0.717, 1.165) is 0 Å². The Morgan fingerprint density at radius 1 is 1.59 bits per heavy atom. The number of ether oxygens (including phenoxy) is 2. The molecule has 1 fully saturated rings. The highest BCUT2D eigenvalue weighted by Crippen LogP contribution is 2.16. The monoisotopic (exact) mass is 241 g/mol. The number of rotatable bonds is 2. The van der Waals surface area contributed by atoms with Gasteiger partial charge in [-0.05, 0) is 6.92 Å². The predicted octanol–water partition coefficient (Wildman–Crippen LogP) is -0.960. The highest BCUT2D eigenvalue weighted by atomic mass is 16.6. The van der Waals surface area contributed by atoms with Gasteiger partial charge >= 0.3 is 5.69 Å². The first-order chi connectivity index (χ1) is 8.11. The average Bonchev–Trinajstić information content (AvgIpc) is 2.34. The molecular weight excluding hydrogens is 226 g/mol. The van der Waals surface area contributed by atoms with E-state index in [0.29, 0.717) is 5.56 Å². The molecule has 1 aliphatic heterocycles. The molecule has 7 nitrogen and oxygen atoms in total. The standard InChI is InChI=1S/C10H15N3O4/c1-6-2-13(10(15)12-9(6)11)8-5-16-7(3-14)4-17-8/h2,7-8,14H,3-5H2,1H3,(H2,11,12,15). The summed E-state index contributed by atoms with van der Waals surface area (Å²) in [5.74, 6) is 0.219. The molecule has 2 rings (SSSR count). The molecule has 2 heterocycles. The summed E-state index contributed by atoms with van der Waals surface area (Å²) in [5.41, 5.74) is 5.77. The third-order valence-electron chi connectivity index (χ3n) is 2.64. The maximum atomic E-state index is 11.6. The van der Waals surface area contributed by atoms with Gasteiger partial charge in [0.15, 0.2) is 6.23 Å². The summed E-state index contributed by atoms with van der Waals surface area (Å²) in [6.45, 7) is 2.12. The molecule has 17 heavy (non-hydrogen) atoms. The Labute approximate surface area is 97.8 Å². The minimum Gasteiger partial charge on any atom is -0.394 e. The summed E-state index contributed by atoms with van der Waals surface area (Å²) >= 11 is 0. The minimum absolute atomic E-state index is 0.0966. The molecule has 0 saturated carbocycles. The van der Waals surface area contributed by atoms with Crippen molar-refractivity contribution in [2.45, 2.75) is 19.3 Å². The van der Waals surface area contributed by atoms with Crippen LogP contribution in [0.3, 0.4) is 0 Å². The van der Waals surface area contributed by atoms with Crippen LogP contribution in [0.15, 0.2) is 11.0 Å². The molecule has 0 bridgehead atoms. The fourth-order valence-electron chi connectivity index (χ4n) is 1.58. The number of aliphatic hydroxyl groups excluding tert-OH is 1. The lowest BCUT2D eigenvalue weighted by Gasteiger charge is -2.29. The van der Waals surface area contributed by atoms with E-state index < -0.39 is 11.9 Å². The van der Waals surface area contributed by atoms with Gasteiger partial charge in [0.25, 0.3) is 0 Å². The second-order valence-electron chi connectivity index (χ2n) is 3.92. The molecule has 0 spiro atoms. The van der Waals surface area contributed by atoms with Crippen LogP contribution in [0.4, 0.5) is 5.82 Å². The normalized spacial score (nSPS) is 24.8. The lowest BCUT2D eigenvalue weighted by Crippen LogP contribution is -2.40. The van der Waals surface area contributed by atoms with E-state index in [1.165, 1.54) is 4.57 Å². The van der Waals surface area contributed by atoms with Gasteiger partial charge in [0.05, 0.1) is 19.8 Å². The molecule has 94 valence electrons. The number of aliphatic hydroxyl groups is 1. The highest BCUT2D eigenvalue weighted by Gasteiger charge is 2.24. The van der Waals surface area contributed by atoms with Crippen LogP contribution in [0.1, 0.15) is 11.8 Å². The summed E-state index contributed by atoms with van der Waals surface area (Å²) in [6, 6.07) is 0. The van der Waals surface area contributed by atoms with Gasteiger partial charge in [-0.25, -0.2) is 4.79 Å². The Kier molecular flexibility index (Phi) is 3.41. The van der Waals surface area contributed by atoms with Gasteiger partial charge in [0.1, 0.15) is 11.9 Å². The van der Waals surface area contributed by atoms with Gasteiger partial charge in [-0.1, -0.05) is 0 Å². The molecule has 0 aromatic carbocycles. The summed E-state index contributed by atoms with van der Waals surface area (Å²) < 4.78 is 12.1. The lowest BCUT2D eigenvalue weighted by atomic mass is 10.3. The van der Waals surface area contributed by atoms with Crippen LogP contribution in [0.25, 0.3) is 0 Å². The first-order valence-electron chi connectivity index (χ1n) is 5.31. The first-order valence-corrected chi connectivity index (χ1v) is 5.31. The Bertz CT molecular complexity index is 451. The van der Waals surface area contributed by atoms with Gasteiger partial charge in [0.2, 0.25) is 0 Å². The lowest BCUT2D eigenvalue weighted by molar-refractivity contribution is -0.172. The van der Waals surface area contributed by atoms with Crippen molar-refractivity contribution >= 4 is 5.82 Å². The van der Waals surface area contributed by atoms with E-state index in [9.17, 15) is 4.79 Å². The summed E-state index contributed by atoms with van der Waals surface area (Å²) in [4.78, 5) is 15.3. The number of hydrogen-bond acceptors (Lipinski definition) is 6. The van der Waals surface area contributed by atoms with E-state index in [4.69, 9.17) is 20.3 Å².